The van der Waals surface area contributed by atoms with Gasteiger partial charge < -0.3 is 10.6 Å². The average molecular weight is 293 g/mol. The van der Waals surface area contributed by atoms with Crippen molar-refractivity contribution in [1.82, 2.24) is 9.88 Å². The molecule has 2 fully saturated rings. The van der Waals surface area contributed by atoms with Crippen molar-refractivity contribution in [2.45, 2.75) is 45.1 Å². The molecule has 3 atom stereocenters. The van der Waals surface area contributed by atoms with Crippen LogP contribution >= 0.6 is 11.3 Å². The molecule has 2 aliphatic rings. The molecule has 5 heteroatoms. The van der Waals surface area contributed by atoms with E-state index in [4.69, 9.17) is 5.73 Å². The zero-order valence-electron chi connectivity index (χ0n) is 12.4. The molecule has 1 aromatic rings. The van der Waals surface area contributed by atoms with Crippen LogP contribution in [0.5, 0.6) is 0 Å². The summed E-state index contributed by atoms with van der Waals surface area (Å²) in [7, 11) is 0. The Balaban J connectivity index is 1.80. The topological polar surface area (TPSA) is 59.2 Å². The van der Waals surface area contributed by atoms with E-state index in [0.717, 1.165) is 30.1 Å². The molecule has 3 unspecified atom stereocenters. The molecule has 2 N–H and O–H groups in total. The van der Waals surface area contributed by atoms with Crippen LogP contribution in [0.15, 0.2) is 5.51 Å². The minimum atomic E-state index is -0.0863. The fourth-order valence-electron chi connectivity index (χ4n) is 3.55. The summed E-state index contributed by atoms with van der Waals surface area (Å²) < 4.78 is 0. The van der Waals surface area contributed by atoms with Gasteiger partial charge in [0.1, 0.15) is 4.88 Å². The quantitative estimate of drug-likeness (QED) is 0.864. The van der Waals surface area contributed by atoms with Gasteiger partial charge in [0.25, 0.3) is 5.91 Å². The Morgan fingerprint density at radius 1 is 1.40 bits per heavy atom. The minimum absolute atomic E-state index is 0.0863. The highest BCUT2D eigenvalue weighted by Gasteiger charge is 2.43. The third kappa shape index (κ3) is 2.27. The predicted molar refractivity (Wildman–Crippen MR) is 80.9 cm³/mol. The number of nitrogens with two attached hydrogens (primary N) is 1. The molecule has 0 spiro atoms. The van der Waals surface area contributed by atoms with Crippen molar-refractivity contribution in [3.8, 4) is 0 Å². The molecule has 0 bridgehead atoms. The second-order valence-corrected chi connectivity index (χ2v) is 8.01. The SMILES string of the molecule is CC(C)(C)c1ncsc1C(=O)N1CC2CCC(N)C2C1. The predicted octanol–water partition coefficient (Wildman–Crippen LogP) is 2.25. The Morgan fingerprint density at radius 3 is 2.80 bits per heavy atom. The second-order valence-electron chi connectivity index (χ2n) is 7.16. The molecule has 4 nitrogen and oxygen atoms in total. The number of nitrogens with zero attached hydrogens (tertiary/aromatic N) is 2. The van der Waals surface area contributed by atoms with E-state index in [1.54, 1.807) is 5.51 Å². The van der Waals surface area contributed by atoms with Gasteiger partial charge in [-0.25, -0.2) is 4.98 Å². The first-order chi connectivity index (χ1) is 9.38. The summed E-state index contributed by atoms with van der Waals surface area (Å²) in [4.78, 5) is 20.0. The highest BCUT2D eigenvalue weighted by atomic mass is 32.1. The maximum Gasteiger partial charge on any atom is 0.265 e. The summed E-state index contributed by atoms with van der Waals surface area (Å²) in [6.45, 7) is 8.01. The van der Waals surface area contributed by atoms with Crippen LogP contribution in [0, 0.1) is 11.8 Å². The minimum Gasteiger partial charge on any atom is -0.337 e. The van der Waals surface area contributed by atoms with Gasteiger partial charge in [0, 0.05) is 24.5 Å². The van der Waals surface area contributed by atoms with Crippen LogP contribution in [0.1, 0.15) is 49.0 Å². The van der Waals surface area contributed by atoms with Crippen LogP contribution in [0.25, 0.3) is 0 Å². The fourth-order valence-corrected chi connectivity index (χ4v) is 4.51. The number of fused-ring (bicyclic) bond motifs is 1. The molecular formula is C15H23N3OS. The van der Waals surface area contributed by atoms with Gasteiger partial charge in [0.05, 0.1) is 11.2 Å². The Kier molecular flexibility index (Phi) is 3.37. The molecule has 1 saturated carbocycles. The monoisotopic (exact) mass is 293 g/mol. The van der Waals surface area contributed by atoms with Gasteiger partial charge >= 0.3 is 0 Å². The van der Waals surface area contributed by atoms with Crippen molar-refractivity contribution in [2.75, 3.05) is 13.1 Å². The molecule has 0 aromatic carbocycles. The van der Waals surface area contributed by atoms with Crippen molar-refractivity contribution in [3.63, 3.8) is 0 Å². The van der Waals surface area contributed by atoms with Gasteiger partial charge in [-0.15, -0.1) is 11.3 Å². The van der Waals surface area contributed by atoms with E-state index in [-0.39, 0.29) is 17.4 Å². The van der Waals surface area contributed by atoms with E-state index in [9.17, 15) is 4.79 Å². The summed E-state index contributed by atoms with van der Waals surface area (Å²) in [6.07, 6.45) is 2.29. The summed E-state index contributed by atoms with van der Waals surface area (Å²) in [5.41, 5.74) is 8.78. The first-order valence-corrected chi connectivity index (χ1v) is 8.24. The number of hydrogen-bond acceptors (Lipinski definition) is 4. The van der Waals surface area contributed by atoms with Gasteiger partial charge in [0.2, 0.25) is 0 Å². The maximum atomic E-state index is 12.8. The lowest BCUT2D eigenvalue weighted by molar-refractivity contribution is 0.0781. The highest BCUT2D eigenvalue weighted by molar-refractivity contribution is 7.11. The normalized spacial score (nSPS) is 29.8. The molecule has 1 amide bonds. The Labute approximate surface area is 124 Å². The second kappa shape index (κ2) is 4.81. The molecule has 1 saturated heterocycles. The Morgan fingerprint density at radius 2 is 2.15 bits per heavy atom. The molecule has 110 valence electrons. The summed E-state index contributed by atoms with van der Waals surface area (Å²) in [6, 6.07) is 0.279. The van der Waals surface area contributed by atoms with E-state index in [1.807, 2.05) is 4.90 Å². The molecule has 20 heavy (non-hydrogen) atoms. The lowest BCUT2D eigenvalue weighted by atomic mass is 9.91. The van der Waals surface area contributed by atoms with Crippen molar-refractivity contribution in [3.05, 3.63) is 16.1 Å². The number of likely N-dealkylation sites (tertiary alicyclic amines) is 1. The first kappa shape index (κ1) is 14.0. The highest BCUT2D eigenvalue weighted by Crippen LogP contribution is 2.38. The lowest BCUT2D eigenvalue weighted by Crippen LogP contribution is -2.34. The summed E-state index contributed by atoms with van der Waals surface area (Å²) in [5.74, 6) is 1.27. The number of aromatic nitrogens is 1. The number of carbonyl (C=O) groups excluding carboxylic acids is 1. The fraction of sp³-hybridized carbons (Fsp3) is 0.733. The van der Waals surface area contributed by atoms with Crippen molar-refractivity contribution in [2.24, 2.45) is 17.6 Å². The number of carbonyl (C=O) groups is 1. The van der Waals surface area contributed by atoms with Crippen molar-refractivity contribution in [1.29, 1.82) is 0 Å². The number of rotatable bonds is 1. The van der Waals surface area contributed by atoms with Crippen molar-refractivity contribution < 1.29 is 4.79 Å². The largest absolute Gasteiger partial charge is 0.337 e. The van der Waals surface area contributed by atoms with Crippen LogP contribution < -0.4 is 5.73 Å². The maximum absolute atomic E-state index is 12.8. The molecule has 0 radical (unpaired) electrons. The number of amides is 1. The summed E-state index contributed by atoms with van der Waals surface area (Å²) in [5, 5.41) is 0. The third-order valence-electron chi connectivity index (χ3n) is 4.67. The zero-order valence-corrected chi connectivity index (χ0v) is 13.2. The van der Waals surface area contributed by atoms with Crippen LogP contribution in [0.3, 0.4) is 0 Å². The van der Waals surface area contributed by atoms with E-state index in [0.29, 0.717) is 11.8 Å². The van der Waals surface area contributed by atoms with Gasteiger partial charge in [-0.1, -0.05) is 20.8 Å². The van der Waals surface area contributed by atoms with E-state index >= 15 is 0 Å². The number of hydrogen-bond donors (Lipinski definition) is 1. The van der Waals surface area contributed by atoms with Gasteiger partial charge in [-0.05, 0) is 24.7 Å². The van der Waals surface area contributed by atoms with Crippen molar-refractivity contribution >= 4 is 17.2 Å². The standard InChI is InChI=1S/C15H23N3OS/c1-15(2,3)13-12(20-8-17-13)14(19)18-6-9-4-5-11(16)10(9)7-18/h8-11H,4-7,16H2,1-3H3. The van der Waals surface area contributed by atoms with E-state index < -0.39 is 0 Å². The number of thiazole rings is 1. The molecule has 2 heterocycles. The molecular weight excluding hydrogens is 270 g/mol. The molecule has 1 aliphatic heterocycles. The van der Waals surface area contributed by atoms with Crippen LogP contribution in [0.2, 0.25) is 0 Å². The Hall–Kier alpha value is -0.940. The first-order valence-electron chi connectivity index (χ1n) is 7.36. The zero-order chi connectivity index (χ0) is 14.5. The lowest BCUT2D eigenvalue weighted by Gasteiger charge is -2.21. The van der Waals surface area contributed by atoms with Crippen LogP contribution in [0.4, 0.5) is 0 Å². The van der Waals surface area contributed by atoms with Gasteiger partial charge in [-0.2, -0.15) is 0 Å². The van der Waals surface area contributed by atoms with Gasteiger partial charge in [0.15, 0.2) is 0 Å². The van der Waals surface area contributed by atoms with E-state index in [2.05, 4.69) is 25.8 Å². The average Bonchev–Trinajstić information content (AvgIpc) is 3.04. The van der Waals surface area contributed by atoms with Gasteiger partial charge in [-0.3, -0.25) is 4.79 Å². The Bertz CT molecular complexity index is 519. The summed E-state index contributed by atoms with van der Waals surface area (Å²) >= 11 is 1.47. The van der Waals surface area contributed by atoms with Crippen LogP contribution in [-0.2, 0) is 5.41 Å². The molecule has 1 aliphatic carbocycles. The third-order valence-corrected chi connectivity index (χ3v) is 5.49. The molecule has 3 rings (SSSR count). The van der Waals surface area contributed by atoms with Crippen LogP contribution in [-0.4, -0.2) is 34.9 Å². The molecule has 1 aromatic heterocycles. The van der Waals surface area contributed by atoms with E-state index in [1.165, 1.54) is 17.8 Å². The smallest absolute Gasteiger partial charge is 0.265 e.